The van der Waals surface area contributed by atoms with E-state index in [0.29, 0.717) is 11.4 Å². The predicted molar refractivity (Wildman–Crippen MR) is 72.1 cm³/mol. The number of rotatable bonds is 3. The van der Waals surface area contributed by atoms with Crippen LogP contribution < -0.4 is 0 Å². The largest absolute Gasteiger partial charge is 0.388 e. The number of hydrogen-bond acceptors (Lipinski definition) is 2. The lowest BCUT2D eigenvalue weighted by Crippen LogP contribution is -2.02. The highest BCUT2D eigenvalue weighted by atomic mass is 79.9. The average molecular weight is 313 g/mol. The van der Waals surface area contributed by atoms with Gasteiger partial charge in [-0.05, 0) is 35.4 Å². The van der Waals surface area contributed by atoms with Gasteiger partial charge in [0.25, 0.3) is 0 Å². The molecule has 0 fully saturated rings. The molecule has 1 aromatic carbocycles. The Labute approximate surface area is 113 Å². The first-order chi connectivity index (χ1) is 8.16. The van der Waals surface area contributed by atoms with Crippen LogP contribution in [0.4, 0.5) is 0 Å². The van der Waals surface area contributed by atoms with E-state index < -0.39 is 6.10 Å². The van der Waals surface area contributed by atoms with Crippen molar-refractivity contribution in [3.63, 3.8) is 0 Å². The van der Waals surface area contributed by atoms with Crippen molar-refractivity contribution >= 4 is 27.5 Å². The summed E-state index contributed by atoms with van der Waals surface area (Å²) in [6.45, 7) is 0. The third-order valence-electron chi connectivity index (χ3n) is 2.50. The van der Waals surface area contributed by atoms with Crippen LogP contribution in [0.3, 0.4) is 0 Å². The molecule has 2 rings (SSSR count). The molecule has 1 atom stereocenters. The molecule has 1 aromatic heterocycles. The number of benzene rings is 1. The van der Waals surface area contributed by atoms with E-state index in [1.807, 2.05) is 24.3 Å². The number of hydrogen-bond donors (Lipinski definition) is 1. The number of halogens is 2. The first-order valence-electron chi connectivity index (χ1n) is 5.19. The summed E-state index contributed by atoms with van der Waals surface area (Å²) in [4.78, 5) is 3.94. The number of pyridine rings is 1. The summed E-state index contributed by atoms with van der Waals surface area (Å²) in [5.41, 5.74) is 1.78. The number of aliphatic hydroxyl groups is 1. The van der Waals surface area contributed by atoms with Crippen molar-refractivity contribution in [2.45, 2.75) is 12.5 Å². The molecule has 2 nitrogen and oxygen atoms in total. The van der Waals surface area contributed by atoms with E-state index >= 15 is 0 Å². The van der Waals surface area contributed by atoms with Gasteiger partial charge in [0.1, 0.15) is 0 Å². The normalized spacial score (nSPS) is 12.4. The zero-order chi connectivity index (χ0) is 12.3. The molecule has 0 bridgehead atoms. The van der Waals surface area contributed by atoms with Crippen molar-refractivity contribution in [3.8, 4) is 0 Å². The first-order valence-corrected chi connectivity index (χ1v) is 6.36. The summed E-state index contributed by atoms with van der Waals surface area (Å²) in [5.74, 6) is 0. The molecule has 2 aromatic rings. The molecule has 1 N–H and O–H groups in total. The lowest BCUT2D eigenvalue weighted by molar-refractivity contribution is 0.178. The van der Waals surface area contributed by atoms with E-state index in [-0.39, 0.29) is 0 Å². The highest BCUT2D eigenvalue weighted by Gasteiger charge is 2.12. The maximum Gasteiger partial charge on any atom is 0.0844 e. The molecule has 0 saturated heterocycles. The van der Waals surface area contributed by atoms with Crippen LogP contribution in [0.5, 0.6) is 0 Å². The number of nitrogens with zero attached hydrogens (tertiary/aromatic N) is 1. The maximum absolute atomic E-state index is 10.1. The Hall–Kier alpha value is -0.900. The summed E-state index contributed by atoms with van der Waals surface area (Å²) in [6, 6.07) is 9.26. The molecule has 1 unspecified atom stereocenters. The van der Waals surface area contributed by atoms with Gasteiger partial charge in [-0.2, -0.15) is 0 Å². The standard InChI is InChI=1S/C13H11BrClNO/c14-10-1-2-11(12(15)8-10)13(17)7-9-3-5-16-6-4-9/h1-6,8,13,17H,7H2. The smallest absolute Gasteiger partial charge is 0.0844 e. The van der Waals surface area contributed by atoms with Crippen LogP contribution >= 0.6 is 27.5 Å². The van der Waals surface area contributed by atoms with Crippen molar-refractivity contribution in [2.75, 3.05) is 0 Å². The second-order valence-corrected chi connectivity index (χ2v) is 5.06. The van der Waals surface area contributed by atoms with Crippen LogP contribution in [0.15, 0.2) is 47.2 Å². The van der Waals surface area contributed by atoms with Crippen molar-refractivity contribution in [1.29, 1.82) is 0 Å². The molecule has 1 heterocycles. The van der Waals surface area contributed by atoms with Gasteiger partial charge in [-0.1, -0.05) is 33.6 Å². The van der Waals surface area contributed by atoms with E-state index in [4.69, 9.17) is 11.6 Å². The van der Waals surface area contributed by atoms with Gasteiger partial charge in [0, 0.05) is 28.3 Å². The Morgan fingerprint density at radius 1 is 1.24 bits per heavy atom. The third-order valence-corrected chi connectivity index (χ3v) is 3.32. The molecule has 0 aliphatic rings. The Morgan fingerprint density at radius 3 is 2.59 bits per heavy atom. The van der Waals surface area contributed by atoms with Crippen molar-refractivity contribution < 1.29 is 5.11 Å². The molecule has 0 amide bonds. The number of aromatic nitrogens is 1. The molecular weight excluding hydrogens is 302 g/mol. The zero-order valence-corrected chi connectivity index (χ0v) is 11.3. The van der Waals surface area contributed by atoms with Gasteiger partial charge in [0.2, 0.25) is 0 Å². The third kappa shape index (κ3) is 3.28. The minimum Gasteiger partial charge on any atom is -0.388 e. The van der Waals surface area contributed by atoms with E-state index in [0.717, 1.165) is 15.6 Å². The SMILES string of the molecule is OC(Cc1ccncc1)c1ccc(Br)cc1Cl. The van der Waals surface area contributed by atoms with E-state index in [1.165, 1.54) is 0 Å². The number of aliphatic hydroxyl groups excluding tert-OH is 1. The highest BCUT2D eigenvalue weighted by molar-refractivity contribution is 9.10. The molecule has 0 spiro atoms. The average Bonchev–Trinajstić information content (AvgIpc) is 2.30. The van der Waals surface area contributed by atoms with Crippen molar-refractivity contribution in [1.82, 2.24) is 4.98 Å². The summed E-state index contributed by atoms with van der Waals surface area (Å²) in [5, 5.41) is 10.7. The summed E-state index contributed by atoms with van der Waals surface area (Å²) in [6.07, 6.45) is 3.36. The van der Waals surface area contributed by atoms with Crippen molar-refractivity contribution in [3.05, 3.63) is 63.3 Å². The zero-order valence-electron chi connectivity index (χ0n) is 8.98. The Morgan fingerprint density at radius 2 is 1.94 bits per heavy atom. The predicted octanol–water partition coefficient (Wildman–Crippen LogP) is 3.77. The Bertz CT molecular complexity index is 504. The lowest BCUT2D eigenvalue weighted by atomic mass is 10.0. The van der Waals surface area contributed by atoms with Crippen LogP contribution in [0.1, 0.15) is 17.2 Å². The molecule has 0 radical (unpaired) electrons. The van der Waals surface area contributed by atoms with Crippen LogP contribution in [-0.4, -0.2) is 10.1 Å². The van der Waals surface area contributed by atoms with Gasteiger partial charge in [0.15, 0.2) is 0 Å². The van der Waals surface area contributed by atoms with Crippen LogP contribution in [0.2, 0.25) is 5.02 Å². The summed E-state index contributed by atoms with van der Waals surface area (Å²) >= 11 is 9.43. The second-order valence-electron chi connectivity index (χ2n) is 3.74. The molecule has 0 aliphatic heterocycles. The van der Waals surface area contributed by atoms with Gasteiger partial charge in [0.05, 0.1) is 6.10 Å². The minimum absolute atomic E-state index is 0.532. The first kappa shape index (κ1) is 12.6. The van der Waals surface area contributed by atoms with Crippen LogP contribution in [-0.2, 0) is 6.42 Å². The Kier molecular flexibility index (Phi) is 4.15. The quantitative estimate of drug-likeness (QED) is 0.936. The topological polar surface area (TPSA) is 33.1 Å². The van der Waals surface area contributed by atoms with E-state index in [9.17, 15) is 5.11 Å². The monoisotopic (exact) mass is 311 g/mol. The highest BCUT2D eigenvalue weighted by Crippen LogP contribution is 2.28. The van der Waals surface area contributed by atoms with Crippen LogP contribution in [0.25, 0.3) is 0 Å². The maximum atomic E-state index is 10.1. The molecule has 4 heteroatoms. The van der Waals surface area contributed by atoms with Gasteiger partial charge in [-0.3, -0.25) is 4.98 Å². The van der Waals surface area contributed by atoms with Gasteiger partial charge in [-0.25, -0.2) is 0 Å². The molecular formula is C13H11BrClNO. The van der Waals surface area contributed by atoms with E-state index in [2.05, 4.69) is 20.9 Å². The van der Waals surface area contributed by atoms with Gasteiger partial charge < -0.3 is 5.11 Å². The van der Waals surface area contributed by atoms with Gasteiger partial charge in [-0.15, -0.1) is 0 Å². The van der Waals surface area contributed by atoms with E-state index in [1.54, 1.807) is 18.5 Å². The van der Waals surface area contributed by atoms with Gasteiger partial charge >= 0.3 is 0 Å². The molecule has 17 heavy (non-hydrogen) atoms. The fourth-order valence-electron chi connectivity index (χ4n) is 1.62. The summed E-state index contributed by atoms with van der Waals surface area (Å²) in [7, 11) is 0. The second kappa shape index (κ2) is 5.63. The Balaban J connectivity index is 2.17. The summed E-state index contributed by atoms with van der Waals surface area (Å²) < 4.78 is 0.905. The fourth-order valence-corrected chi connectivity index (χ4v) is 2.42. The lowest BCUT2D eigenvalue weighted by Gasteiger charge is -2.12. The molecule has 0 saturated carbocycles. The molecule has 88 valence electrons. The minimum atomic E-state index is -0.599. The van der Waals surface area contributed by atoms with Crippen molar-refractivity contribution in [2.24, 2.45) is 0 Å². The molecule has 0 aliphatic carbocycles. The van der Waals surface area contributed by atoms with Crippen LogP contribution in [0, 0.1) is 0 Å². The fraction of sp³-hybridized carbons (Fsp3) is 0.154.